The maximum Gasteiger partial charge on any atom is 0.251 e. The van der Waals surface area contributed by atoms with Crippen molar-refractivity contribution in [2.45, 2.75) is 37.8 Å². The molecule has 2 aromatic carbocycles. The largest absolute Gasteiger partial charge is 0.348 e. The van der Waals surface area contributed by atoms with Gasteiger partial charge in [0.2, 0.25) is 0 Å². The molecule has 2 aliphatic carbocycles. The van der Waals surface area contributed by atoms with Crippen molar-refractivity contribution in [1.29, 1.82) is 0 Å². The number of nitrogens with one attached hydrogen (secondary N) is 2. The quantitative estimate of drug-likeness (QED) is 0.820. The van der Waals surface area contributed by atoms with E-state index in [1.807, 2.05) is 42.5 Å². The average molecular weight is 320 g/mol. The van der Waals surface area contributed by atoms with Crippen molar-refractivity contribution in [1.82, 2.24) is 10.6 Å². The van der Waals surface area contributed by atoms with Crippen molar-refractivity contribution < 1.29 is 4.79 Å². The number of carbonyl (C=O) groups excluding carboxylic acids is 1. The summed E-state index contributed by atoms with van der Waals surface area (Å²) in [6.07, 6.45) is 4.03. The first kappa shape index (κ1) is 15.4. The highest BCUT2D eigenvalue weighted by molar-refractivity contribution is 5.94. The third kappa shape index (κ3) is 3.85. The van der Waals surface area contributed by atoms with Crippen LogP contribution in [0.3, 0.4) is 0 Å². The standard InChI is InChI=1S/C21H24N2O/c24-21(23-14-15-4-2-1-3-5-15)18-10-8-17(9-11-18)19-12-20(19)22-13-16-6-7-16/h1-5,8-11,16,19-20,22H,6-7,12-14H2,(H,23,24). The van der Waals surface area contributed by atoms with Gasteiger partial charge in [-0.3, -0.25) is 4.79 Å². The highest BCUT2D eigenvalue weighted by atomic mass is 16.1. The van der Waals surface area contributed by atoms with E-state index in [0.717, 1.165) is 17.0 Å². The van der Waals surface area contributed by atoms with E-state index >= 15 is 0 Å². The fourth-order valence-corrected chi connectivity index (χ4v) is 3.19. The lowest BCUT2D eigenvalue weighted by molar-refractivity contribution is 0.0951. The molecule has 2 saturated carbocycles. The van der Waals surface area contributed by atoms with Crippen molar-refractivity contribution in [2.75, 3.05) is 6.54 Å². The van der Waals surface area contributed by atoms with Gasteiger partial charge in [-0.1, -0.05) is 42.5 Å². The maximum absolute atomic E-state index is 12.2. The normalized spacial score (nSPS) is 22.2. The second kappa shape index (κ2) is 6.78. The van der Waals surface area contributed by atoms with E-state index in [1.54, 1.807) is 0 Å². The molecule has 2 fully saturated rings. The highest BCUT2D eigenvalue weighted by Gasteiger charge is 2.38. The molecule has 2 atom stereocenters. The minimum atomic E-state index is -0.00962. The summed E-state index contributed by atoms with van der Waals surface area (Å²) >= 11 is 0. The zero-order valence-corrected chi connectivity index (χ0v) is 13.9. The lowest BCUT2D eigenvalue weighted by Crippen LogP contribution is -2.22. The first-order valence-electron chi connectivity index (χ1n) is 8.95. The van der Waals surface area contributed by atoms with Crippen molar-refractivity contribution in [3.05, 3.63) is 71.3 Å². The molecule has 2 unspecified atom stereocenters. The zero-order valence-electron chi connectivity index (χ0n) is 13.9. The third-order valence-electron chi connectivity index (χ3n) is 5.05. The Morgan fingerprint density at radius 3 is 2.46 bits per heavy atom. The van der Waals surface area contributed by atoms with E-state index in [2.05, 4.69) is 22.8 Å². The molecule has 3 nitrogen and oxygen atoms in total. The van der Waals surface area contributed by atoms with Gasteiger partial charge < -0.3 is 10.6 Å². The number of hydrogen-bond donors (Lipinski definition) is 2. The van der Waals surface area contributed by atoms with Crippen LogP contribution < -0.4 is 10.6 Å². The van der Waals surface area contributed by atoms with Crippen LogP contribution >= 0.6 is 0 Å². The molecule has 0 aromatic heterocycles. The molecule has 0 radical (unpaired) electrons. The number of hydrogen-bond acceptors (Lipinski definition) is 2. The van der Waals surface area contributed by atoms with Crippen LogP contribution in [0.25, 0.3) is 0 Å². The summed E-state index contributed by atoms with van der Waals surface area (Å²) in [6.45, 7) is 1.75. The van der Waals surface area contributed by atoms with Crippen LogP contribution in [0.5, 0.6) is 0 Å². The van der Waals surface area contributed by atoms with Gasteiger partial charge in [-0.2, -0.15) is 0 Å². The number of rotatable bonds is 7. The topological polar surface area (TPSA) is 41.1 Å². The molecular formula is C21H24N2O. The Labute approximate surface area is 143 Å². The van der Waals surface area contributed by atoms with Crippen LogP contribution in [0.4, 0.5) is 0 Å². The predicted octanol–water partition coefficient (Wildman–Crippen LogP) is 3.47. The summed E-state index contributed by atoms with van der Waals surface area (Å²) in [4.78, 5) is 12.2. The van der Waals surface area contributed by atoms with Gasteiger partial charge in [0.25, 0.3) is 5.91 Å². The summed E-state index contributed by atoms with van der Waals surface area (Å²) in [5, 5.41) is 6.64. The summed E-state index contributed by atoms with van der Waals surface area (Å²) in [5.74, 6) is 1.55. The second-order valence-corrected chi connectivity index (χ2v) is 7.09. The molecule has 2 aliphatic rings. The maximum atomic E-state index is 12.2. The molecule has 0 bridgehead atoms. The van der Waals surface area contributed by atoms with Crippen LogP contribution in [0.2, 0.25) is 0 Å². The molecule has 0 aliphatic heterocycles. The van der Waals surface area contributed by atoms with Gasteiger partial charge in [-0.05, 0) is 55.0 Å². The monoisotopic (exact) mass is 320 g/mol. The lowest BCUT2D eigenvalue weighted by atomic mass is 10.1. The minimum Gasteiger partial charge on any atom is -0.348 e. The van der Waals surface area contributed by atoms with Crippen LogP contribution in [0.1, 0.15) is 46.7 Å². The Kier molecular flexibility index (Phi) is 4.35. The summed E-state index contributed by atoms with van der Waals surface area (Å²) in [6, 6.07) is 18.8. The van der Waals surface area contributed by atoms with Gasteiger partial charge in [0, 0.05) is 24.1 Å². The number of amides is 1. The fraction of sp³-hybridized carbons (Fsp3) is 0.381. The van der Waals surface area contributed by atoms with Crippen molar-refractivity contribution >= 4 is 5.91 Å². The predicted molar refractivity (Wildman–Crippen MR) is 95.9 cm³/mol. The summed E-state index contributed by atoms with van der Waals surface area (Å²) < 4.78 is 0. The Bertz CT molecular complexity index is 692. The SMILES string of the molecule is O=C(NCc1ccccc1)c1ccc(C2CC2NCC2CC2)cc1. The molecular weight excluding hydrogens is 296 g/mol. The van der Waals surface area contributed by atoms with Gasteiger partial charge in [0.15, 0.2) is 0 Å². The van der Waals surface area contributed by atoms with Gasteiger partial charge in [-0.15, -0.1) is 0 Å². The Morgan fingerprint density at radius 2 is 1.75 bits per heavy atom. The molecule has 124 valence electrons. The number of benzene rings is 2. The van der Waals surface area contributed by atoms with Gasteiger partial charge in [0.05, 0.1) is 0 Å². The molecule has 0 saturated heterocycles. The van der Waals surface area contributed by atoms with Crippen molar-refractivity contribution in [2.24, 2.45) is 5.92 Å². The van der Waals surface area contributed by atoms with E-state index in [0.29, 0.717) is 18.5 Å². The van der Waals surface area contributed by atoms with Crippen LogP contribution in [-0.2, 0) is 6.54 Å². The van der Waals surface area contributed by atoms with E-state index in [4.69, 9.17) is 0 Å². The fourth-order valence-electron chi connectivity index (χ4n) is 3.19. The third-order valence-corrected chi connectivity index (χ3v) is 5.05. The summed E-state index contributed by atoms with van der Waals surface area (Å²) in [5.41, 5.74) is 3.20. The molecule has 0 heterocycles. The van der Waals surface area contributed by atoms with Crippen LogP contribution in [0, 0.1) is 5.92 Å². The van der Waals surface area contributed by atoms with E-state index in [1.165, 1.54) is 31.4 Å². The van der Waals surface area contributed by atoms with Gasteiger partial charge >= 0.3 is 0 Å². The second-order valence-electron chi connectivity index (χ2n) is 7.09. The Balaban J connectivity index is 1.28. The Morgan fingerprint density at radius 1 is 1.00 bits per heavy atom. The first-order valence-corrected chi connectivity index (χ1v) is 8.95. The van der Waals surface area contributed by atoms with E-state index < -0.39 is 0 Å². The van der Waals surface area contributed by atoms with Crippen LogP contribution in [-0.4, -0.2) is 18.5 Å². The van der Waals surface area contributed by atoms with Crippen molar-refractivity contribution in [3.8, 4) is 0 Å². The van der Waals surface area contributed by atoms with Gasteiger partial charge in [0.1, 0.15) is 0 Å². The molecule has 0 spiro atoms. The van der Waals surface area contributed by atoms with E-state index in [-0.39, 0.29) is 5.91 Å². The average Bonchev–Trinajstić information content (AvgIpc) is 3.54. The van der Waals surface area contributed by atoms with E-state index in [9.17, 15) is 4.79 Å². The zero-order chi connectivity index (χ0) is 16.4. The molecule has 1 amide bonds. The molecule has 3 heteroatoms. The lowest BCUT2D eigenvalue weighted by Gasteiger charge is -2.07. The molecule has 24 heavy (non-hydrogen) atoms. The van der Waals surface area contributed by atoms with Gasteiger partial charge in [-0.25, -0.2) is 0 Å². The van der Waals surface area contributed by atoms with Crippen molar-refractivity contribution in [3.63, 3.8) is 0 Å². The first-order chi connectivity index (χ1) is 11.8. The smallest absolute Gasteiger partial charge is 0.251 e. The number of carbonyl (C=O) groups is 1. The van der Waals surface area contributed by atoms with Crippen LogP contribution in [0.15, 0.2) is 54.6 Å². The molecule has 4 rings (SSSR count). The summed E-state index contributed by atoms with van der Waals surface area (Å²) in [7, 11) is 0. The molecule has 2 aromatic rings. The highest BCUT2D eigenvalue weighted by Crippen LogP contribution is 2.41. The Hall–Kier alpha value is -2.13. The minimum absolute atomic E-state index is 0.00962. The molecule has 2 N–H and O–H groups in total.